The second-order valence-electron chi connectivity index (χ2n) is 18.5. The fraction of sp³-hybridized carbons (Fsp3) is 0.865. The Bertz CT molecular complexity index is 1040. The van der Waals surface area contributed by atoms with Gasteiger partial charge >= 0.3 is 17.9 Å². The van der Waals surface area contributed by atoms with Gasteiger partial charge in [-0.05, 0) is 38.5 Å². The van der Waals surface area contributed by atoms with E-state index in [-0.39, 0.29) is 36.2 Å². The molecule has 0 aliphatic carbocycles. The van der Waals surface area contributed by atoms with Gasteiger partial charge in [-0.3, -0.25) is 9.59 Å². The van der Waals surface area contributed by atoms with Crippen LogP contribution in [-0.4, -0.2) is 80.6 Å². The maximum atomic E-state index is 12.8. The number of carboxylic acids is 1. The number of hydrogen-bond donors (Lipinski definition) is 1. The molecule has 60 heavy (non-hydrogen) atoms. The first-order valence-electron chi connectivity index (χ1n) is 25.4. The number of quaternary nitrogens is 1. The summed E-state index contributed by atoms with van der Waals surface area (Å²) in [5.74, 6) is -1.45. The van der Waals surface area contributed by atoms with Gasteiger partial charge in [0.05, 0.1) is 34.4 Å². The van der Waals surface area contributed by atoms with Gasteiger partial charge in [0.2, 0.25) is 0 Å². The second-order valence-corrected chi connectivity index (χ2v) is 18.5. The summed E-state index contributed by atoms with van der Waals surface area (Å²) in [6.45, 7) is 4.75. The largest absolute Gasteiger partial charge is 0.477 e. The van der Waals surface area contributed by atoms with E-state index in [4.69, 9.17) is 14.2 Å². The third-order valence-corrected chi connectivity index (χ3v) is 11.6. The zero-order valence-electron chi connectivity index (χ0n) is 40.2. The molecule has 0 bridgehead atoms. The fourth-order valence-corrected chi connectivity index (χ4v) is 7.67. The van der Waals surface area contributed by atoms with Crippen molar-refractivity contribution in [2.24, 2.45) is 0 Å². The Morgan fingerprint density at radius 3 is 1.28 bits per heavy atom. The highest BCUT2D eigenvalue weighted by Crippen LogP contribution is 2.16. The van der Waals surface area contributed by atoms with Crippen LogP contribution in [-0.2, 0) is 28.6 Å². The van der Waals surface area contributed by atoms with Crippen molar-refractivity contribution in [1.82, 2.24) is 0 Å². The number of carbonyl (C=O) groups is 3. The number of rotatable bonds is 46. The van der Waals surface area contributed by atoms with Crippen LogP contribution in [0.15, 0.2) is 24.3 Å². The monoisotopic (exact) mass is 849 g/mol. The first-order valence-corrected chi connectivity index (χ1v) is 25.4. The smallest absolute Gasteiger partial charge is 0.362 e. The van der Waals surface area contributed by atoms with Crippen molar-refractivity contribution >= 4 is 17.9 Å². The van der Waals surface area contributed by atoms with Crippen LogP contribution < -0.4 is 0 Å². The topological polar surface area (TPSA) is 99.1 Å². The lowest BCUT2D eigenvalue weighted by Crippen LogP contribution is -2.50. The Labute approximate surface area is 371 Å². The molecule has 0 saturated heterocycles. The number of nitrogens with zero attached hydrogens (tertiary/aromatic N) is 1. The molecule has 1 N–H and O–H groups in total. The standard InChI is InChI=1S/C52H97NO7/c1-6-8-10-12-14-16-18-20-22-24-25-27-29-31-33-35-37-39-41-43-51(55)60-48(46-58-45-44-49(52(56)57)53(3,4)5)47-59-50(54)42-40-38-36-34-32-30-28-26-23-21-19-17-15-13-11-9-7-2/h14,16,18,20,48-49H,6-13,15,17,19,21-47H2,1-5H3/p+1/b16-14+,20-18+. The van der Waals surface area contributed by atoms with Crippen molar-refractivity contribution in [2.45, 2.75) is 251 Å². The molecule has 2 atom stereocenters. The molecule has 0 fully saturated rings. The predicted octanol–water partition coefficient (Wildman–Crippen LogP) is 14.4. The Balaban J connectivity index is 4.23. The molecule has 0 aliphatic heterocycles. The van der Waals surface area contributed by atoms with Gasteiger partial charge < -0.3 is 23.8 Å². The summed E-state index contributed by atoms with van der Waals surface area (Å²) < 4.78 is 17.4. The first kappa shape index (κ1) is 57.8. The summed E-state index contributed by atoms with van der Waals surface area (Å²) in [5, 5.41) is 9.65. The third kappa shape index (κ3) is 41.2. The Morgan fingerprint density at radius 2 is 0.867 bits per heavy atom. The van der Waals surface area contributed by atoms with E-state index < -0.39 is 18.1 Å². The highest BCUT2D eigenvalue weighted by atomic mass is 16.6. The summed E-state index contributed by atoms with van der Waals surface area (Å²) in [7, 11) is 5.54. The molecule has 0 aromatic carbocycles. The van der Waals surface area contributed by atoms with E-state index in [1.54, 1.807) is 0 Å². The molecular weight excluding hydrogens is 751 g/mol. The van der Waals surface area contributed by atoms with Crippen LogP contribution in [0.5, 0.6) is 0 Å². The van der Waals surface area contributed by atoms with Crippen LogP contribution in [0, 0.1) is 0 Å². The third-order valence-electron chi connectivity index (χ3n) is 11.6. The van der Waals surface area contributed by atoms with E-state index >= 15 is 0 Å². The highest BCUT2D eigenvalue weighted by molar-refractivity contribution is 5.72. The maximum Gasteiger partial charge on any atom is 0.362 e. The van der Waals surface area contributed by atoms with Crippen molar-refractivity contribution in [3.8, 4) is 0 Å². The van der Waals surface area contributed by atoms with Gasteiger partial charge in [-0.25, -0.2) is 4.79 Å². The van der Waals surface area contributed by atoms with Crippen molar-refractivity contribution in [2.75, 3.05) is 41.0 Å². The molecule has 0 aromatic heterocycles. The van der Waals surface area contributed by atoms with E-state index in [2.05, 4.69) is 38.2 Å². The van der Waals surface area contributed by atoms with Crippen LogP contribution in [0.3, 0.4) is 0 Å². The summed E-state index contributed by atoms with van der Waals surface area (Å²) in [4.78, 5) is 37.1. The van der Waals surface area contributed by atoms with Crippen LogP contribution in [0.4, 0.5) is 0 Å². The molecule has 0 radical (unpaired) electrons. The van der Waals surface area contributed by atoms with Gasteiger partial charge in [-0.15, -0.1) is 0 Å². The minimum atomic E-state index is -0.872. The maximum absolute atomic E-state index is 12.8. The van der Waals surface area contributed by atoms with Crippen molar-refractivity contribution in [3.63, 3.8) is 0 Å². The van der Waals surface area contributed by atoms with Crippen molar-refractivity contribution < 1.29 is 38.2 Å². The average Bonchev–Trinajstić information content (AvgIpc) is 3.21. The number of esters is 2. The Morgan fingerprint density at radius 1 is 0.500 bits per heavy atom. The average molecular weight is 849 g/mol. The van der Waals surface area contributed by atoms with Gasteiger partial charge in [-0.2, -0.15) is 0 Å². The van der Waals surface area contributed by atoms with E-state index in [0.29, 0.717) is 19.3 Å². The van der Waals surface area contributed by atoms with Crippen molar-refractivity contribution in [1.29, 1.82) is 0 Å². The molecule has 2 unspecified atom stereocenters. The SMILES string of the molecule is CCCCC/C=C/C=C/CCCCCCCCCCCCC(=O)OC(COCCC(C(=O)O)[N+](C)(C)C)COC(=O)CCCCCCCCCCCCCCCCCCC. The molecule has 0 aromatic rings. The number of unbranched alkanes of at least 4 members (excludes halogenated alkanes) is 29. The minimum Gasteiger partial charge on any atom is -0.477 e. The summed E-state index contributed by atoms with van der Waals surface area (Å²) in [5.41, 5.74) is 0. The minimum absolute atomic E-state index is 0.0472. The quantitative estimate of drug-likeness (QED) is 0.0282. The number of ether oxygens (including phenoxy) is 3. The fourth-order valence-electron chi connectivity index (χ4n) is 7.67. The van der Waals surface area contributed by atoms with E-state index in [0.717, 1.165) is 38.5 Å². The molecule has 0 saturated carbocycles. The molecule has 0 heterocycles. The number of carboxylic acid groups (broad SMARTS) is 1. The van der Waals surface area contributed by atoms with Gasteiger partial charge in [-0.1, -0.05) is 205 Å². The second kappa shape index (κ2) is 43.5. The number of carbonyl (C=O) groups excluding carboxylic acids is 2. The zero-order chi connectivity index (χ0) is 44.2. The number of allylic oxidation sites excluding steroid dienone is 4. The van der Waals surface area contributed by atoms with Gasteiger partial charge in [0, 0.05) is 19.3 Å². The molecule has 0 spiro atoms. The number of aliphatic carboxylic acids is 1. The predicted molar refractivity (Wildman–Crippen MR) is 252 cm³/mol. The molecule has 0 aliphatic rings. The first-order chi connectivity index (χ1) is 29.1. The van der Waals surface area contributed by atoms with Crippen LogP contribution in [0.2, 0.25) is 0 Å². The van der Waals surface area contributed by atoms with E-state index in [1.807, 2.05) is 21.1 Å². The summed E-state index contributed by atoms with van der Waals surface area (Å²) >= 11 is 0. The Hall–Kier alpha value is -2.19. The van der Waals surface area contributed by atoms with Gasteiger partial charge in [0.1, 0.15) is 6.61 Å². The summed E-state index contributed by atoms with van der Waals surface area (Å²) in [6.07, 6.45) is 49.3. The molecule has 0 amide bonds. The van der Waals surface area contributed by atoms with Crippen LogP contribution in [0.25, 0.3) is 0 Å². The normalized spacial score (nSPS) is 13.0. The van der Waals surface area contributed by atoms with Crippen LogP contribution >= 0.6 is 0 Å². The molecule has 8 heteroatoms. The highest BCUT2D eigenvalue weighted by Gasteiger charge is 2.31. The summed E-state index contributed by atoms with van der Waals surface area (Å²) in [6, 6.07) is -0.613. The molecule has 8 nitrogen and oxygen atoms in total. The van der Waals surface area contributed by atoms with Gasteiger partial charge in [0.25, 0.3) is 0 Å². The lowest BCUT2D eigenvalue weighted by atomic mass is 10.0. The number of hydrogen-bond acceptors (Lipinski definition) is 6. The number of likely N-dealkylation sites (N-methyl/N-ethyl adjacent to an activating group) is 1. The van der Waals surface area contributed by atoms with Gasteiger partial charge in [0.15, 0.2) is 12.1 Å². The lowest BCUT2D eigenvalue weighted by Gasteiger charge is -2.31. The lowest BCUT2D eigenvalue weighted by molar-refractivity contribution is -0.887. The van der Waals surface area contributed by atoms with Crippen LogP contribution in [0.1, 0.15) is 239 Å². The van der Waals surface area contributed by atoms with E-state index in [1.165, 1.54) is 167 Å². The molecular formula is C52H98NO7+. The Kier molecular flexibility index (Phi) is 41.9. The molecule has 0 rings (SSSR count). The zero-order valence-corrected chi connectivity index (χ0v) is 40.2. The van der Waals surface area contributed by atoms with Crippen molar-refractivity contribution in [3.05, 3.63) is 24.3 Å². The molecule has 352 valence electrons. The van der Waals surface area contributed by atoms with E-state index in [9.17, 15) is 19.5 Å².